The molecular weight excluding hydrogens is 483 g/mol. The van der Waals surface area contributed by atoms with E-state index >= 15 is 0 Å². The average molecular weight is 515 g/mol. The Morgan fingerprint density at radius 1 is 1.14 bits per heavy atom. The zero-order valence-electron chi connectivity index (χ0n) is 20.3. The van der Waals surface area contributed by atoms with Crippen LogP contribution in [-0.2, 0) is 10.0 Å². The molecule has 2 fully saturated rings. The molecule has 1 aromatic carbocycles. The zero-order chi connectivity index (χ0) is 25.3. The lowest BCUT2D eigenvalue weighted by molar-refractivity contribution is 0.0916. The molecule has 2 saturated heterocycles. The lowest BCUT2D eigenvalue weighted by Crippen LogP contribution is -2.47. The first-order chi connectivity index (χ1) is 17.4. The van der Waals surface area contributed by atoms with Gasteiger partial charge in [0.2, 0.25) is 10.0 Å². The van der Waals surface area contributed by atoms with Crippen LogP contribution in [0.5, 0.6) is 0 Å². The van der Waals surface area contributed by atoms with Gasteiger partial charge in [-0.15, -0.1) is 5.10 Å². The minimum absolute atomic E-state index is 0.0145. The Morgan fingerprint density at radius 2 is 1.94 bits per heavy atom. The number of benzene rings is 1. The molecule has 1 N–H and O–H groups in total. The molecule has 2 aromatic heterocycles. The number of nitrogens with zero attached hydrogens (tertiary/aromatic N) is 5. The maximum absolute atomic E-state index is 13.8. The Morgan fingerprint density at radius 3 is 2.69 bits per heavy atom. The van der Waals surface area contributed by atoms with Gasteiger partial charge >= 0.3 is 0 Å². The number of nitrogens with one attached hydrogen (secondary N) is 1. The van der Waals surface area contributed by atoms with E-state index in [4.69, 9.17) is 5.10 Å². The lowest BCUT2D eigenvalue weighted by Gasteiger charge is -2.31. The van der Waals surface area contributed by atoms with Crippen molar-refractivity contribution in [3.05, 3.63) is 59.7 Å². The molecule has 0 aliphatic carbocycles. The fourth-order valence-corrected chi connectivity index (χ4v) is 6.74. The van der Waals surface area contributed by atoms with Gasteiger partial charge in [-0.05, 0) is 61.9 Å². The fraction of sp³-hybridized carbons (Fsp3) is 0.480. The maximum atomic E-state index is 13.8. The average Bonchev–Trinajstić information content (AvgIpc) is 3.51. The first-order valence-corrected chi connectivity index (χ1v) is 14.1. The number of halogens is 1. The van der Waals surface area contributed by atoms with Crippen LogP contribution in [0, 0.1) is 5.82 Å². The Labute approximate surface area is 210 Å². The number of hydrogen-bond acceptors (Lipinski definition) is 6. The summed E-state index contributed by atoms with van der Waals surface area (Å²) in [4.78, 5) is 19.6. The quantitative estimate of drug-likeness (QED) is 0.520. The summed E-state index contributed by atoms with van der Waals surface area (Å²) in [7, 11) is -3.23. The van der Waals surface area contributed by atoms with Crippen LogP contribution in [0.1, 0.15) is 61.1 Å². The van der Waals surface area contributed by atoms with Crippen LogP contribution in [0.15, 0.2) is 42.6 Å². The van der Waals surface area contributed by atoms with Crippen LogP contribution < -0.4 is 10.2 Å². The van der Waals surface area contributed by atoms with Crippen LogP contribution in [0.4, 0.5) is 10.2 Å². The van der Waals surface area contributed by atoms with Crippen LogP contribution in [0.3, 0.4) is 0 Å². The Kier molecular flexibility index (Phi) is 6.94. The second-order valence-corrected chi connectivity index (χ2v) is 11.6. The molecule has 2 aliphatic heterocycles. The third-order valence-electron chi connectivity index (χ3n) is 7.01. The van der Waals surface area contributed by atoms with Crippen LogP contribution >= 0.6 is 0 Å². The van der Waals surface area contributed by atoms with Crippen molar-refractivity contribution in [1.29, 1.82) is 0 Å². The molecule has 2 aliphatic rings. The van der Waals surface area contributed by atoms with Gasteiger partial charge in [0.25, 0.3) is 5.91 Å². The van der Waals surface area contributed by atoms with Crippen molar-refractivity contribution in [2.75, 3.05) is 30.3 Å². The van der Waals surface area contributed by atoms with Crippen molar-refractivity contribution in [2.45, 2.75) is 51.1 Å². The van der Waals surface area contributed by atoms with E-state index < -0.39 is 10.0 Å². The van der Waals surface area contributed by atoms with Gasteiger partial charge < -0.3 is 10.2 Å². The van der Waals surface area contributed by atoms with Gasteiger partial charge in [0.15, 0.2) is 11.3 Å². The summed E-state index contributed by atoms with van der Waals surface area (Å²) in [6.07, 6.45) is 5.08. The number of hydrogen-bond donors (Lipinski definition) is 1. The van der Waals surface area contributed by atoms with Crippen LogP contribution in [-0.4, -0.2) is 64.7 Å². The fourth-order valence-electron chi connectivity index (χ4n) is 5.20. The highest BCUT2D eigenvalue weighted by molar-refractivity contribution is 7.89. The molecule has 0 radical (unpaired) electrons. The predicted octanol–water partition coefficient (Wildman–Crippen LogP) is 3.14. The standard InChI is InChI=1S/C25H31FN6O3S/c1-2-15-36(34,35)30-13-10-20(11-14-30)28-25(33)22-17-27-23-8-9-24(29-32(22)23)31-12-4-7-21(31)18-5-3-6-19(26)16-18/h3,5-6,8-9,16-17,20-21H,2,4,7,10-15H2,1H3,(H,28,33). The van der Waals surface area contributed by atoms with E-state index in [1.54, 1.807) is 16.6 Å². The third-order valence-corrected chi connectivity index (χ3v) is 9.08. The molecule has 3 aromatic rings. The van der Waals surface area contributed by atoms with E-state index in [0.717, 1.165) is 24.9 Å². The normalized spacial score (nSPS) is 19.7. The number of carbonyl (C=O) groups excluding carboxylic acids is 1. The Bertz CT molecular complexity index is 1350. The van der Waals surface area contributed by atoms with E-state index in [9.17, 15) is 17.6 Å². The maximum Gasteiger partial charge on any atom is 0.271 e. The van der Waals surface area contributed by atoms with E-state index in [2.05, 4.69) is 15.2 Å². The summed E-state index contributed by atoms with van der Waals surface area (Å²) in [6.45, 7) is 3.44. The Balaban J connectivity index is 1.31. The number of fused-ring (bicyclic) bond motifs is 1. The number of rotatable bonds is 7. The molecule has 1 unspecified atom stereocenters. The van der Waals surface area contributed by atoms with Gasteiger partial charge in [0.05, 0.1) is 18.0 Å². The largest absolute Gasteiger partial charge is 0.348 e. The molecular formula is C25H31FN6O3S. The van der Waals surface area contributed by atoms with E-state index in [1.807, 2.05) is 25.1 Å². The summed E-state index contributed by atoms with van der Waals surface area (Å²) in [5, 5.41) is 7.76. The number of amides is 1. The van der Waals surface area contributed by atoms with Crippen molar-refractivity contribution >= 4 is 27.4 Å². The number of piperidine rings is 1. The molecule has 192 valence electrons. The number of anilines is 1. The first-order valence-electron chi connectivity index (χ1n) is 12.5. The van der Waals surface area contributed by atoms with Crippen molar-refractivity contribution in [2.24, 2.45) is 0 Å². The van der Waals surface area contributed by atoms with Gasteiger partial charge in [0, 0.05) is 25.7 Å². The molecule has 5 rings (SSSR count). The minimum Gasteiger partial charge on any atom is -0.348 e. The number of imidazole rings is 1. The minimum atomic E-state index is -3.23. The van der Waals surface area contributed by atoms with Crippen molar-refractivity contribution in [3.63, 3.8) is 0 Å². The van der Waals surface area contributed by atoms with Crippen LogP contribution in [0.2, 0.25) is 0 Å². The monoisotopic (exact) mass is 514 g/mol. The topological polar surface area (TPSA) is 99.9 Å². The van der Waals surface area contributed by atoms with Gasteiger partial charge in [-0.25, -0.2) is 26.6 Å². The van der Waals surface area contributed by atoms with Crippen molar-refractivity contribution in [3.8, 4) is 0 Å². The van der Waals surface area contributed by atoms with Gasteiger partial charge in [-0.1, -0.05) is 19.1 Å². The molecule has 0 bridgehead atoms. The third kappa shape index (κ3) is 4.94. The number of sulfonamides is 1. The summed E-state index contributed by atoms with van der Waals surface area (Å²) in [5.74, 6) is 0.308. The van der Waals surface area contributed by atoms with Crippen LogP contribution in [0.25, 0.3) is 5.65 Å². The first kappa shape index (κ1) is 24.6. The number of aromatic nitrogens is 3. The summed E-state index contributed by atoms with van der Waals surface area (Å²) in [5.41, 5.74) is 1.80. The van der Waals surface area contributed by atoms with Crippen molar-refractivity contribution < 1.29 is 17.6 Å². The van der Waals surface area contributed by atoms with Gasteiger partial charge in [0.1, 0.15) is 11.6 Å². The lowest BCUT2D eigenvalue weighted by atomic mass is 10.0. The molecule has 0 saturated carbocycles. The summed E-state index contributed by atoms with van der Waals surface area (Å²) < 4.78 is 41.5. The van der Waals surface area contributed by atoms with Gasteiger partial charge in [-0.3, -0.25) is 4.79 Å². The molecule has 1 amide bonds. The van der Waals surface area contributed by atoms with Crippen molar-refractivity contribution in [1.82, 2.24) is 24.2 Å². The second kappa shape index (κ2) is 10.1. The van der Waals surface area contributed by atoms with Gasteiger partial charge in [-0.2, -0.15) is 0 Å². The highest BCUT2D eigenvalue weighted by Gasteiger charge is 2.30. The molecule has 4 heterocycles. The summed E-state index contributed by atoms with van der Waals surface area (Å²) in [6, 6.07) is 10.3. The Hall–Kier alpha value is -3.05. The SMILES string of the molecule is CCCS(=O)(=O)N1CCC(NC(=O)c2cnc3ccc(N4CCCC4c4cccc(F)c4)nn23)CC1. The molecule has 1 atom stereocenters. The summed E-state index contributed by atoms with van der Waals surface area (Å²) >= 11 is 0. The second-order valence-electron chi connectivity index (χ2n) is 9.47. The smallest absolute Gasteiger partial charge is 0.271 e. The molecule has 11 heteroatoms. The molecule has 0 spiro atoms. The zero-order valence-corrected chi connectivity index (χ0v) is 21.1. The molecule has 9 nitrogen and oxygen atoms in total. The predicted molar refractivity (Wildman–Crippen MR) is 135 cm³/mol. The van der Waals surface area contributed by atoms with E-state index in [0.29, 0.717) is 49.5 Å². The molecule has 36 heavy (non-hydrogen) atoms. The highest BCUT2D eigenvalue weighted by atomic mass is 32.2. The van der Waals surface area contributed by atoms with E-state index in [1.165, 1.54) is 16.6 Å². The highest BCUT2D eigenvalue weighted by Crippen LogP contribution is 2.35. The van der Waals surface area contributed by atoms with E-state index in [-0.39, 0.29) is 29.6 Å². The number of carbonyl (C=O) groups is 1.